The van der Waals surface area contributed by atoms with E-state index in [2.05, 4.69) is 15.5 Å². The van der Waals surface area contributed by atoms with Crippen molar-refractivity contribution >= 4 is 11.6 Å². The molecule has 2 heterocycles. The molecule has 1 aromatic heterocycles. The van der Waals surface area contributed by atoms with Crippen LogP contribution in [0.1, 0.15) is 18.3 Å². The zero-order chi connectivity index (χ0) is 14.7. The standard InChI is InChI=1S/C13H22N4O3/c1-8-7-20-11(6-18)4-17(8)5-12(19)14-13-9(2)15-16-10(13)3/h8,11,18H,4-7H2,1-3H3,(H,14,19)(H,15,16). The highest BCUT2D eigenvalue weighted by Gasteiger charge is 2.27. The van der Waals surface area contributed by atoms with Gasteiger partial charge < -0.3 is 15.2 Å². The fourth-order valence-electron chi connectivity index (χ4n) is 2.30. The molecule has 0 bridgehead atoms. The number of rotatable bonds is 4. The average molecular weight is 282 g/mol. The van der Waals surface area contributed by atoms with Gasteiger partial charge in [-0.05, 0) is 20.8 Å². The lowest BCUT2D eigenvalue weighted by Gasteiger charge is -2.36. The van der Waals surface area contributed by atoms with Crippen molar-refractivity contribution < 1.29 is 14.6 Å². The second-order valence-corrected chi connectivity index (χ2v) is 5.27. The van der Waals surface area contributed by atoms with Crippen LogP contribution in [0.4, 0.5) is 5.69 Å². The molecule has 3 N–H and O–H groups in total. The summed E-state index contributed by atoms with van der Waals surface area (Å²) in [5.41, 5.74) is 2.37. The second kappa shape index (κ2) is 6.34. The zero-order valence-electron chi connectivity index (χ0n) is 12.1. The molecule has 1 aliphatic rings. The minimum atomic E-state index is -0.212. The van der Waals surface area contributed by atoms with Crippen molar-refractivity contribution in [3.63, 3.8) is 0 Å². The lowest BCUT2D eigenvalue weighted by Crippen LogP contribution is -2.51. The van der Waals surface area contributed by atoms with E-state index in [0.717, 1.165) is 17.1 Å². The van der Waals surface area contributed by atoms with Crippen LogP contribution in [0.3, 0.4) is 0 Å². The summed E-state index contributed by atoms with van der Waals surface area (Å²) in [6, 6.07) is 0.162. The zero-order valence-corrected chi connectivity index (χ0v) is 12.1. The molecule has 0 saturated carbocycles. The van der Waals surface area contributed by atoms with Gasteiger partial charge in [0.25, 0.3) is 0 Å². The summed E-state index contributed by atoms with van der Waals surface area (Å²) >= 11 is 0. The highest BCUT2D eigenvalue weighted by molar-refractivity contribution is 5.93. The van der Waals surface area contributed by atoms with Crippen LogP contribution in [-0.4, -0.2) is 64.6 Å². The average Bonchev–Trinajstić information content (AvgIpc) is 2.73. The molecule has 0 spiro atoms. The smallest absolute Gasteiger partial charge is 0.238 e. The maximum Gasteiger partial charge on any atom is 0.238 e. The summed E-state index contributed by atoms with van der Waals surface area (Å²) in [7, 11) is 0. The largest absolute Gasteiger partial charge is 0.394 e. The summed E-state index contributed by atoms with van der Waals surface area (Å²) in [4.78, 5) is 14.1. The Kier molecular flexibility index (Phi) is 4.74. The molecule has 1 aromatic rings. The first-order valence-electron chi connectivity index (χ1n) is 6.79. The van der Waals surface area contributed by atoms with E-state index in [-0.39, 0.29) is 31.2 Å². The number of carbonyl (C=O) groups is 1. The van der Waals surface area contributed by atoms with Crippen LogP contribution in [0.2, 0.25) is 0 Å². The van der Waals surface area contributed by atoms with Gasteiger partial charge in [-0.2, -0.15) is 5.10 Å². The maximum absolute atomic E-state index is 12.1. The van der Waals surface area contributed by atoms with Crippen molar-refractivity contribution in [1.82, 2.24) is 15.1 Å². The summed E-state index contributed by atoms with van der Waals surface area (Å²) in [6.45, 7) is 7.08. The number of H-pyrrole nitrogens is 1. The van der Waals surface area contributed by atoms with E-state index in [1.807, 2.05) is 25.7 Å². The number of hydrogen-bond donors (Lipinski definition) is 3. The predicted octanol–water partition coefficient (Wildman–Crippen LogP) is 0.0466. The number of carbonyl (C=O) groups excluding carboxylic acids is 1. The summed E-state index contributed by atoms with van der Waals surface area (Å²) in [5.74, 6) is -0.0805. The molecule has 112 valence electrons. The lowest BCUT2D eigenvalue weighted by atomic mass is 10.2. The third-order valence-corrected chi connectivity index (χ3v) is 3.58. The first-order valence-corrected chi connectivity index (χ1v) is 6.79. The SMILES string of the molecule is Cc1n[nH]c(C)c1NC(=O)CN1CC(CO)OCC1C. The fraction of sp³-hybridized carbons (Fsp3) is 0.692. The van der Waals surface area contributed by atoms with Crippen LogP contribution in [0, 0.1) is 13.8 Å². The van der Waals surface area contributed by atoms with Crippen LogP contribution in [0.15, 0.2) is 0 Å². The monoisotopic (exact) mass is 282 g/mol. The van der Waals surface area contributed by atoms with Gasteiger partial charge in [0.05, 0.1) is 42.9 Å². The molecule has 20 heavy (non-hydrogen) atoms. The second-order valence-electron chi connectivity index (χ2n) is 5.27. The predicted molar refractivity (Wildman–Crippen MR) is 74.6 cm³/mol. The number of anilines is 1. The molecule has 0 aromatic carbocycles. The van der Waals surface area contributed by atoms with E-state index in [4.69, 9.17) is 9.84 Å². The molecular formula is C13H22N4O3. The number of nitrogens with zero attached hydrogens (tertiary/aromatic N) is 2. The van der Waals surface area contributed by atoms with E-state index in [1.165, 1.54) is 0 Å². The van der Waals surface area contributed by atoms with Crippen LogP contribution < -0.4 is 5.32 Å². The van der Waals surface area contributed by atoms with Gasteiger partial charge in [-0.25, -0.2) is 0 Å². The van der Waals surface area contributed by atoms with Crippen molar-refractivity contribution in [2.45, 2.75) is 32.9 Å². The molecule has 1 saturated heterocycles. The van der Waals surface area contributed by atoms with Crippen molar-refractivity contribution in [3.8, 4) is 0 Å². The summed E-state index contributed by atoms with van der Waals surface area (Å²) < 4.78 is 5.46. The molecule has 7 heteroatoms. The Morgan fingerprint density at radius 3 is 2.95 bits per heavy atom. The van der Waals surface area contributed by atoms with Gasteiger partial charge in [-0.15, -0.1) is 0 Å². The van der Waals surface area contributed by atoms with Gasteiger partial charge in [-0.3, -0.25) is 14.8 Å². The Morgan fingerprint density at radius 1 is 1.60 bits per heavy atom. The molecule has 1 aliphatic heterocycles. The molecule has 2 rings (SSSR count). The topological polar surface area (TPSA) is 90.5 Å². The minimum Gasteiger partial charge on any atom is -0.394 e. The number of amides is 1. The van der Waals surface area contributed by atoms with Crippen molar-refractivity contribution in [2.24, 2.45) is 0 Å². The Hall–Kier alpha value is -1.44. The van der Waals surface area contributed by atoms with E-state index in [9.17, 15) is 4.79 Å². The molecule has 1 fully saturated rings. The Balaban J connectivity index is 1.93. The Labute approximate surface area is 118 Å². The lowest BCUT2D eigenvalue weighted by molar-refractivity contribution is -0.122. The number of ether oxygens (including phenoxy) is 1. The van der Waals surface area contributed by atoms with Gasteiger partial charge >= 0.3 is 0 Å². The molecule has 1 amide bonds. The molecule has 7 nitrogen and oxygen atoms in total. The van der Waals surface area contributed by atoms with E-state index >= 15 is 0 Å². The van der Waals surface area contributed by atoms with Gasteiger partial charge in [0.15, 0.2) is 0 Å². The number of hydrogen-bond acceptors (Lipinski definition) is 5. The molecular weight excluding hydrogens is 260 g/mol. The number of aryl methyl sites for hydroxylation is 2. The molecule has 0 radical (unpaired) electrons. The highest BCUT2D eigenvalue weighted by Crippen LogP contribution is 2.16. The first-order chi connectivity index (χ1) is 9.51. The molecule has 2 atom stereocenters. The van der Waals surface area contributed by atoms with Gasteiger partial charge in [0.1, 0.15) is 0 Å². The fourth-order valence-corrected chi connectivity index (χ4v) is 2.30. The minimum absolute atomic E-state index is 0.0230. The quantitative estimate of drug-likeness (QED) is 0.726. The number of morpholine rings is 1. The van der Waals surface area contributed by atoms with E-state index in [1.54, 1.807) is 0 Å². The maximum atomic E-state index is 12.1. The van der Waals surface area contributed by atoms with Crippen LogP contribution in [0.25, 0.3) is 0 Å². The summed E-state index contributed by atoms with van der Waals surface area (Å²) in [6.07, 6.45) is -0.212. The molecule has 2 unspecified atom stereocenters. The number of aliphatic hydroxyl groups is 1. The Morgan fingerprint density at radius 2 is 2.35 bits per heavy atom. The third-order valence-electron chi connectivity index (χ3n) is 3.58. The molecule has 0 aliphatic carbocycles. The summed E-state index contributed by atoms with van der Waals surface area (Å²) in [5, 5.41) is 18.9. The number of aliphatic hydroxyl groups excluding tert-OH is 1. The first kappa shape index (κ1) is 15.0. The van der Waals surface area contributed by atoms with Gasteiger partial charge in [-0.1, -0.05) is 0 Å². The van der Waals surface area contributed by atoms with Crippen molar-refractivity contribution in [3.05, 3.63) is 11.4 Å². The van der Waals surface area contributed by atoms with E-state index < -0.39 is 0 Å². The van der Waals surface area contributed by atoms with Gasteiger partial charge in [0.2, 0.25) is 5.91 Å². The van der Waals surface area contributed by atoms with Crippen LogP contribution in [0.5, 0.6) is 0 Å². The number of aromatic amines is 1. The Bertz CT molecular complexity index is 455. The normalized spacial score (nSPS) is 23.8. The highest BCUT2D eigenvalue weighted by atomic mass is 16.5. The van der Waals surface area contributed by atoms with Crippen LogP contribution >= 0.6 is 0 Å². The van der Waals surface area contributed by atoms with Crippen molar-refractivity contribution in [1.29, 1.82) is 0 Å². The van der Waals surface area contributed by atoms with Crippen LogP contribution in [-0.2, 0) is 9.53 Å². The van der Waals surface area contributed by atoms with Gasteiger partial charge in [0, 0.05) is 12.6 Å². The van der Waals surface area contributed by atoms with Crippen molar-refractivity contribution in [2.75, 3.05) is 31.6 Å². The number of aromatic nitrogens is 2. The van der Waals surface area contributed by atoms with E-state index in [0.29, 0.717) is 13.2 Å². The number of nitrogens with one attached hydrogen (secondary N) is 2. The third kappa shape index (κ3) is 3.36.